The van der Waals surface area contributed by atoms with E-state index in [4.69, 9.17) is 14.7 Å². The maximum absolute atomic E-state index is 15.8. The Hall–Kier alpha value is -3.99. The Morgan fingerprint density at radius 2 is 2.02 bits per heavy atom. The molecule has 0 aliphatic carbocycles. The monoisotopic (exact) mass is 616 g/mol. The number of hydrogen-bond acceptors (Lipinski definition) is 7. The van der Waals surface area contributed by atoms with Gasteiger partial charge >= 0.3 is 0 Å². The van der Waals surface area contributed by atoms with Gasteiger partial charge in [-0.3, -0.25) is 4.79 Å². The number of nitrogens with one attached hydrogen (secondary N) is 1. The number of amides is 1. The fourth-order valence-electron chi connectivity index (χ4n) is 5.93. The minimum atomic E-state index is -0.723. The minimum absolute atomic E-state index is 0. The summed E-state index contributed by atoms with van der Waals surface area (Å²) in [6, 6.07) is 10.5. The Morgan fingerprint density at radius 1 is 1.14 bits per heavy atom. The highest BCUT2D eigenvalue weighted by Crippen LogP contribution is 2.48. The van der Waals surface area contributed by atoms with Crippen LogP contribution in [0.5, 0.6) is 5.75 Å². The molecule has 1 N–H and O–H groups in total. The SMILES string of the molecule is C=CC(=O)N1CCc2nc(-c3nc(-c4ccc5c(c4)CCNC5)c4ccsc4c3-c3c(F)cc(F)cc3OCC)sc2C1.[HH]. The summed E-state index contributed by atoms with van der Waals surface area (Å²) in [5, 5.41) is 6.90. The lowest BCUT2D eigenvalue weighted by Crippen LogP contribution is -2.34. The van der Waals surface area contributed by atoms with Crippen LogP contribution in [0.4, 0.5) is 8.78 Å². The van der Waals surface area contributed by atoms with E-state index in [2.05, 4.69) is 30.1 Å². The fourth-order valence-corrected chi connectivity index (χ4v) is 8.00. The molecule has 0 saturated heterocycles. The summed E-state index contributed by atoms with van der Waals surface area (Å²) in [7, 11) is 0. The molecule has 0 radical (unpaired) electrons. The van der Waals surface area contributed by atoms with Gasteiger partial charge in [-0.15, -0.1) is 22.7 Å². The van der Waals surface area contributed by atoms with Gasteiger partial charge in [0.15, 0.2) is 0 Å². The average Bonchev–Trinajstić information content (AvgIpc) is 3.67. The Bertz CT molecular complexity index is 1920. The summed E-state index contributed by atoms with van der Waals surface area (Å²) in [4.78, 5) is 25.3. The molecule has 0 unspecified atom stereocenters. The van der Waals surface area contributed by atoms with Crippen LogP contribution in [0.15, 0.2) is 54.4 Å². The number of ether oxygens (including phenoxy) is 1. The van der Waals surface area contributed by atoms with E-state index in [-0.39, 0.29) is 25.3 Å². The molecule has 5 aromatic rings. The third-order valence-electron chi connectivity index (χ3n) is 7.96. The van der Waals surface area contributed by atoms with E-state index in [1.807, 2.05) is 11.4 Å². The number of thiazole rings is 1. The van der Waals surface area contributed by atoms with Gasteiger partial charge in [0.25, 0.3) is 0 Å². The largest absolute Gasteiger partial charge is 0.493 e. The topological polar surface area (TPSA) is 67.4 Å². The lowest BCUT2D eigenvalue weighted by Gasteiger charge is -2.24. The van der Waals surface area contributed by atoms with Gasteiger partial charge < -0.3 is 15.0 Å². The van der Waals surface area contributed by atoms with Crippen molar-refractivity contribution in [2.45, 2.75) is 32.9 Å². The zero-order chi connectivity index (χ0) is 29.7. The van der Waals surface area contributed by atoms with E-state index in [0.29, 0.717) is 35.8 Å². The van der Waals surface area contributed by atoms with Crippen molar-refractivity contribution in [3.63, 3.8) is 0 Å². The highest BCUT2D eigenvalue weighted by molar-refractivity contribution is 7.18. The lowest BCUT2D eigenvalue weighted by atomic mass is 9.94. The molecule has 0 atom stereocenters. The standard InChI is InChI=1S/C33H28F2N4O2S2.H2/c1-3-27(40)39-11-8-24-26(17-39)43-33(37-24)31-29(28-23(35)14-21(34)15-25(28)41-4-2)32-22(9-12-42-32)30(38-31)19-5-6-20-16-36-10-7-18(20)13-19;/h3,5-6,9,12-15,36H,1,4,7-8,10-11,16-17H2,2H3;1H. The van der Waals surface area contributed by atoms with Crippen molar-refractivity contribution in [1.29, 1.82) is 0 Å². The summed E-state index contributed by atoms with van der Waals surface area (Å²) in [6.45, 7) is 8.38. The van der Waals surface area contributed by atoms with Crippen LogP contribution in [-0.2, 0) is 30.7 Å². The van der Waals surface area contributed by atoms with Crippen molar-refractivity contribution in [3.8, 4) is 38.8 Å². The summed E-state index contributed by atoms with van der Waals surface area (Å²) < 4.78 is 36.9. The van der Waals surface area contributed by atoms with Crippen LogP contribution < -0.4 is 10.1 Å². The second kappa shape index (κ2) is 11.3. The number of benzene rings is 2. The van der Waals surface area contributed by atoms with Gasteiger partial charge in [-0.2, -0.15) is 0 Å². The molecule has 7 rings (SSSR count). The highest BCUT2D eigenvalue weighted by atomic mass is 32.1. The van der Waals surface area contributed by atoms with Gasteiger partial charge in [0, 0.05) is 59.2 Å². The van der Waals surface area contributed by atoms with Crippen molar-refractivity contribution < 1.29 is 19.7 Å². The molecule has 2 aliphatic rings. The first kappa shape index (κ1) is 27.8. The molecule has 0 fully saturated rings. The predicted molar refractivity (Wildman–Crippen MR) is 170 cm³/mol. The smallest absolute Gasteiger partial charge is 0.246 e. The number of hydrogen-bond donors (Lipinski definition) is 1. The molecule has 2 aliphatic heterocycles. The molecule has 2 aromatic carbocycles. The Morgan fingerprint density at radius 3 is 2.86 bits per heavy atom. The van der Waals surface area contributed by atoms with Crippen LogP contribution in [-0.4, -0.2) is 40.5 Å². The molecule has 10 heteroatoms. The number of rotatable bonds is 6. The number of halogens is 2. The Labute approximate surface area is 257 Å². The van der Waals surface area contributed by atoms with E-state index in [1.165, 1.54) is 45.9 Å². The lowest BCUT2D eigenvalue weighted by molar-refractivity contribution is -0.126. The van der Waals surface area contributed by atoms with Crippen LogP contribution in [0.25, 0.3) is 43.2 Å². The van der Waals surface area contributed by atoms with Crippen LogP contribution in [0, 0.1) is 11.6 Å². The van der Waals surface area contributed by atoms with Gasteiger partial charge in [-0.1, -0.05) is 18.7 Å². The molecule has 3 aromatic heterocycles. The third kappa shape index (κ3) is 4.93. The molecule has 1 amide bonds. The first-order chi connectivity index (χ1) is 20.9. The summed E-state index contributed by atoms with van der Waals surface area (Å²) >= 11 is 2.94. The van der Waals surface area contributed by atoms with Crippen molar-refractivity contribution in [3.05, 3.63) is 87.8 Å². The van der Waals surface area contributed by atoms with Crippen molar-refractivity contribution in [1.82, 2.24) is 20.2 Å². The van der Waals surface area contributed by atoms with Gasteiger partial charge in [-0.25, -0.2) is 18.7 Å². The van der Waals surface area contributed by atoms with Crippen LogP contribution in [0.1, 0.15) is 30.0 Å². The molecule has 0 spiro atoms. The first-order valence-corrected chi connectivity index (χ1v) is 15.9. The maximum atomic E-state index is 15.8. The summed E-state index contributed by atoms with van der Waals surface area (Å²) in [5.74, 6) is -1.44. The van der Waals surface area contributed by atoms with Gasteiger partial charge in [0.2, 0.25) is 5.91 Å². The Kier molecular flexibility index (Phi) is 7.28. The normalized spacial score (nSPS) is 14.4. The zero-order valence-electron chi connectivity index (χ0n) is 23.5. The number of carbonyl (C=O) groups excluding carboxylic acids is 1. The minimum Gasteiger partial charge on any atom is -0.493 e. The van der Waals surface area contributed by atoms with Crippen molar-refractivity contribution in [2.24, 2.45) is 0 Å². The number of nitrogens with zero attached hydrogens (tertiary/aromatic N) is 3. The fraction of sp³-hybridized carbons (Fsp3) is 0.242. The summed E-state index contributed by atoms with van der Waals surface area (Å²) in [6.07, 6.45) is 2.85. The highest BCUT2D eigenvalue weighted by Gasteiger charge is 2.29. The zero-order valence-corrected chi connectivity index (χ0v) is 25.1. The van der Waals surface area contributed by atoms with E-state index >= 15 is 4.39 Å². The molecular formula is C33H30F2N4O2S2. The van der Waals surface area contributed by atoms with Crippen molar-refractivity contribution in [2.75, 3.05) is 19.7 Å². The Balaban J connectivity index is 0.00000343. The van der Waals surface area contributed by atoms with E-state index < -0.39 is 11.6 Å². The molecule has 6 nitrogen and oxygen atoms in total. The van der Waals surface area contributed by atoms with Crippen LogP contribution in [0.3, 0.4) is 0 Å². The average molecular weight is 617 g/mol. The summed E-state index contributed by atoms with van der Waals surface area (Å²) in [5.41, 5.74) is 6.43. The number of pyridine rings is 1. The quantitative estimate of drug-likeness (QED) is 0.202. The number of thiophene rings is 1. The molecule has 0 bridgehead atoms. The van der Waals surface area contributed by atoms with E-state index in [0.717, 1.165) is 57.5 Å². The molecule has 220 valence electrons. The number of aromatic nitrogens is 2. The first-order valence-electron chi connectivity index (χ1n) is 14.2. The van der Waals surface area contributed by atoms with Crippen molar-refractivity contribution >= 4 is 38.7 Å². The molecule has 43 heavy (non-hydrogen) atoms. The second-order valence-corrected chi connectivity index (χ2v) is 12.6. The van der Waals surface area contributed by atoms with E-state index in [1.54, 1.807) is 11.8 Å². The number of fused-ring (bicyclic) bond motifs is 3. The van der Waals surface area contributed by atoms with Gasteiger partial charge in [0.05, 0.1) is 30.1 Å². The predicted octanol–water partition coefficient (Wildman–Crippen LogP) is 7.39. The van der Waals surface area contributed by atoms with E-state index in [9.17, 15) is 9.18 Å². The third-order valence-corrected chi connectivity index (χ3v) is 9.98. The molecule has 5 heterocycles. The van der Waals surface area contributed by atoms with Crippen LogP contribution >= 0.6 is 22.7 Å². The maximum Gasteiger partial charge on any atom is 0.246 e. The van der Waals surface area contributed by atoms with Gasteiger partial charge in [-0.05, 0) is 54.6 Å². The van der Waals surface area contributed by atoms with Crippen LogP contribution in [0.2, 0.25) is 0 Å². The van der Waals surface area contributed by atoms with Gasteiger partial charge in [0.1, 0.15) is 28.1 Å². The molecule has 0 saturated carbocycles. The second-order valence-electron chi connectivity index (χ2n) is 10.6. The molecular weight excluding hydrogens is 587 g/mol. The number of carbonyl (C=O) groups is 1.